The predicted molar refractivity (Wildman–Crippen MR) is 118 cm³/mol. The molecule has 0 amide bonds. The number of benzene rings is 2. The third-order valence-electron chi connectivity index (χ3n) is 4.91. The minimum atomic E-state index is 0.583. The van der Waals surface area contributed by atoms with Crippen LogP contribution in [-0.4, -0.2) is 9.97 Å². The fraction of sp³-hybridized carbons (Fsp3) is 0.0870. The lowest BCUT2D eigenvalue weighted by molar-refractivity contribution is 0.518. The van der Waals surface area contributed by atoms with Crippen molar-refractivity contribution in [1.82, 2.24) is 9.97 Å². The van der Waals surface area contributed by atoms with Crippen LogP contribution in [0, 0.1) is 0 Å². The minimum absolute atomic E-state index is 0.583. The molecule has 5 aromatic rings. The molecule has 0 aliphatic heterocycles. The Morgan fingerprint density at radius 3 is 2.66 bits per heavy atom. The quantitative estimate of drug-likeness (QED) is 0.317. The molecular weight excluding hydrogens is 384 g/mol. The minimum Gasteiger partial charge on any atom is -0.467 e. The SMILES string of the molecule is Clc1cc(NCc2ccco2)c2[nH]c3cnc(NCc4ccccc4)cc3c2c1. The van der Waals surface area contributed by atoms with E-state index < -0.39 is 0 Å². The van der Waals surface area contributed by atoms with E-state index in [1.54, 1.807) is 6.26 Å². The molecule has 3 heterocycles. The van der Waals surface area contributed by atoms with Crippen molar-refractivity contribution in [2.24, 2.45) is 0 Å². The van der Waals surface area contributed by atoms with Gasteiger partial charge in [-0.3, -0.25) is 0 Å². The highest BCUT2D eigenvalue weighted by molar-refractivity contribution is 6.32. The van der Waals surface area contributed by atoms with Gasteiger partial charge in [0.05, 0.1) is 35.7 Å². The standard InChI is InChI=1S/C23H19ClN4O/c24-16-9-19-18-11-22(26-12-15-5-2-1-3-6-15)27-14-21(18)28-23(19)20(10-16)25-13-17-7-4-8-29-17/h1-11,14,25,28H,12-13H2,(H,26,27). The molecule has 0 saturated carbocycles. The zero-order chi connectivity index (χ0) is 19.6. The number of H-pyrrole nitrogens is 1. The van der Waals surface area contributed by atoms with E-state index in [1.165, 1.54) is 5.56 Å². The number of fused-ring (bicyclic) bond motifs is 3. The van der Waals surface area contributed by atoms with Gasteiger partial charge in [0.25, 0.3) is 0 Å². The summed E-state index contributed by atoms with van der Waals surface area (Å²) in [5, 5.41) is 9.61. The van der Waals surface area contributed by atoms with Crippen LogP contribution < -0.4 is 10.6 Å². The molecule has 3 aromatic heterocycles. The van der Waals surface area contributed by atoms with Crippen LogP contribution in [0.25, 0.3) is 21.8 Å². The molecule has 2 aromatic carbocycles. The van der Waals surface area contributed by atoms with Crippen molar-refractivity contribution in [1.29, 1.82) is 0 Å². The highest BCUT2D eigenvalue weighted by Gasteiger charge is 2.12. The normalized spacial score (nSPS) is 11.2. The van der Waals surface area contributed by atoms with Crippen LogP contribution in [0.5, 0.6) is 0 Å². The molecule has 0 saturated heterocycles. The van der Waals surface area contributed by atoms with Crippen LogP contribution in [0.1, 0.15) is 11.3 Å². The van der Waals surface area contributed by atoms with Crippen LogP contribution in [0.4, 0.5) is 11.5 Å². The summed E-state index contributed by atoms with van der Waals surface area (Å²) in [5.74, 6) is 1.69. The van der Waals surface area contributed by atoms with E-state index in [2.05, 4.69) is 38.8 Å². The smallest absolute Gasteiger partial charge is 0.126 e. The second kappa shape index (κ2) is 7.53. The van der Waals surface area contributed by atoms with E-state index in [0.717, 1.165) is 45.6 Å². The lowest BCUT2D eigenvalue weighted by atomic mass is 10.1. The number of nitrogens with one attached hydrogen (secondary N) is 3. The van der Waals surface area contributed by atoms with Gasteiger partial charge in [-0.2, -0.15) is 0 Å². The Morgan fingerprint density at radius 2 is 1.83 bits per heavy atom. The predicted octanol–water partition coefficient (Wildman–Crippen LogP) is 6.19. The molecule has 0 bridgehead atoms. The fourth-order valence-corrected chi connectivity index (χ4v) is 3.70. The van der Waals surface area contributed by atoms with E-state index >= 15 is 0 Å². The van der Waals surface area contributed by atoms with Gasteiger partial charge in [0.15, 0.2) is 0 Å². The molecule has 0 fully saturated rings. The number of halogens is 1. The first-order chi connectivity index (χ1) is 14.3. The maximum absolute atomic E-state index is 6.41. The first-order valence-corrected chi connectivity index (χ1v) is 9.79. The third-order valence-corrected chi connectivity index (χ3v) is 5.12. The van der Waals surface area contributed by atoms with Crippen molar-refractivity contribution in [2.45, 2.75) is 13.1 Å². The number of hydrogen-bond donors (Lipinski definition) is 3. The summed E-state index contributed by atoms with van der Waals surface area (Å²) in [4.78, 5) is 8.01. The first kappa shape index (κ1) is 17.6. The Morgan fingerprint density at radius 1 is 0.931 bits per heavy atom. The number of anilines is 2. The van der Waals surface area contributed by atoms with Crippen molar-refractivity contribution < 1.29 is 4.42 Å². The number of rotatable bonds is 6. The molecule has 5 rings (SSSR count). The Balaban J connectivity index is 1.47. The molecule has 0 atom stereocenters. The van der Waals surface area contributed by atoms with Gasteiger partial charge in [-0.25, -0.2) is 4.98 Å². The number of aromatic amines is 1. The average Bonchev–Trinajstić information content (AvgIpc) is 3.39. The topological polar surface area (TPSA) is 65.9 Å². The number of hydrogen-bond acceptors (Lipinski definition) is 4. The number of nitrogens with zero attached hydrogens (tertiary/aromatic N) is 1. The van der Waals surface area contributed by atoms with Crippen molar-refractivity contribution in [3.05, 3.63) is 89.5 Å². The van der Waals surface area contributed by atoms with Crippen molar-refractivity contribution in [2.75, 3.05) is 10.6 Å². The Bertz CT molecular complexity index is 1260. The van der Waals surface area contributed by atoms with E-state index in [0.29, 0.717) is 11.6 Å². The van der Waals surface area contributed by atoms with Crippen molar-refractivity contribution >= 4 is 44.9 Å². The fourth-order valence-electron chi connectivity index (χ4n) is 3.49. The van der Waals surface area contributed by atoms with E-state index in [-0.39, 0.29) is 0 Å². The molecule has 0 radical (unpaired) electrons. The van der Waals surface area contributed by atoms with E-state index in [9.17, 15) is 0 Å². The van der Waals surface area contributed by atoms with Gasteiger partial charge >= 0.3 is 0 Å². The summed E-state index contributed by atoms with van der Waals surface area (Å²) in [6.45, 7) is 1.30. The summed E-state index contributed by atoms with van der Waals surface area (Å²) in [5.41, 5.74) is 4.10. The zero-order valence-electron chi connectivity index (χ0n) is 15.6. The van der Waals surface area contributed by atoms with Gasteiger partial charge in [-0.1, -0.05) is 41.9 Å². The third kappa shape index (κ3) is 3.65. The van der Waals surface area contributed by atoms with Crippen molar-refractivity contribution in [3.8, 4) is 0 Å². The average molecular weight is 403 g/mol. The molecule has 3 N–H and O–H groups in total. The number of furan rings is 1. The maximum Gasteiger partial charge on any atom is 0.126 e. The molecule has 6 heteroatoms. The van der Waals surface area contributed by atoms with Gasteiger partial charge in [0, 0.05) is 22.3 Å². The van der Waals surface area contributed by atoms with Gasteiger partial charge < -0.3 is 20.0 Å². The molecule has 144 valence electrons. The van der Waals surface area contributed by atoms with Crippen LogP contribution in [0.2, 0.25) is 5.02 Å². The monoisotopic (exact) mass is 402 g/mol. The molecule has 0 aliphatic carbocycles. The Labute approximate surface area is 172 Å². The van der Waals surface area contributed by atoms with Crippen molar-refractivity contribution in [3.63, 3.8) is 0 Å². The summed E-state index contributed by atoms with van der Waals surface area (Å²) < 4.78 is 5.41. The molecule has 29 heavy (non-hydrogen) atoms. The highest BCUT2D eigenvalue weighted by atomic mass is 35.5. The lowest BCUT2D eigenvalue weighted by Gasteiger charge is -2.07. The molecule has 0 spiro atoms. The van der Waals surface area contributed by atoms with Gasteiger partial charge in [-0.05, 0) is 35.9 Å². The largest absolute Gasteiger partial charge is 0.467 e. The Hall–Kier alpha value is -3.44. The van der Waals surface area contributed by atoms with Gasteiger partial charge in [0.2, 0.25) is 0 Å². The van der Waals surface area contributed by atoms with E-state index in [1.807, 2.05) is 48.7 Å². The van der Waals surface area contributed by atoms with Gasteiger partial charge in [0.1, 0.15) is 11.6 Å². The lowest BCUT2D eigenvalue weighted by Crippen LogP contribution is -2.00. The summed E-state index contributed by atoms with van der Waals surface area (Å²) in [6.07, 6.45) is 3.52. The zero-order valence-corrected chi connectivity index (χ0v) is 16.3. The molecular formula is C23H19ClN4O. The Kier molecular flexibility index (Phi) is 4.58. The van der Waals surface area contributed by atoms with Gasteiger partial charge in [-0.15, -0.1) is 0 Å². The van der Waals surface area contributed by atoms with Crippen LogP contribution in [0.3, 0.4) is 0 Å². The first-order valence-electron chi connectivity index (χ1n) is 9.41. The summed E-state index contributed by atoms with van der Waals surface area (Å²) in [7, 11) is 0. The van der Waals surface area contributed by atoms with Crippen LogP contribution in [-0.2, 0) is 13.1 Å². The molecule has 0 unspecified atom stereocenters. The summed E-state index contributed by atoms with van der Waals surface area (Å²) >= 11 is 6.41. The van der Waals surface area contributed by atoms with E-state index in [4.69, 9.17) is 16.0 Å². The van der Waals surface area contributed by atoms with Crippen LogP contribution >= 0.6 is 11.6 Å². The maximum atomic E-state index is 6.41. The molecule has 0 aliphatic rings. The summed E-state index contributed by atoms with van der Waals surface area (Å²) in [6, 6.07) is 20.0. The van der Waals surface area contributed by atoms with Crippen LogP contribution in [0.15, 0.2) is 77.5 Å². The highest BCUT2D eigenvalue weighted by Crippen LogP contribution is 2.34. The number of pyridine rings is 1. The molecule has 5 nitrogen and oxygen atoms in total. The second-order valence-electron chi connectivity index (χ2n) is 6.89. The number of aromatic nitrogens is 2. The second-order valence-corrected chi connectivity index (χ2v) is 7.32.